The molecule has 0 amide bonds. The molecule has 0 radical (unpaired) electrons. The summed E-state index contributed by atoms with van der Waals surface area (Å²) in [6.45, 7) is 3.35. The summed E-state index contributed by atoms with van der Waals surface area (Å²) in [6.07, 6.45) is 1.25. The third-order valence-corrected chi connectivity index (χ3v) is 1.96. The highest BCUT2D eigenvalue weighted by Crippen LogP contribution is 2.25. The first-order chi connectivity index (χ1) is 6.07. The largest absolute Gasteiger partial charge is 0.321 e. The summed E-state index contributed by atoms with van der Waals surface area (Å²) in [5, 5.41) is -0.145. The Bertz CT molecular complexity index is 339. The van der Waals surface area contributed by atoms with Crippen LogP contribution in [0.4, 0.5) is 8.78 Å². The molecule has 0 saturated carbocycles. The second-order valence-corrected chi connectivity index (χ2v) is 2.93. The van der Waals surface area contributed by atoms with E-state index in [0.717, 1.165) is 12.1 Å². The van der Waals surface area contributed by atoms with Crippen LogP contribution in [0.25, 0.3) is 0 Å². The van der Waals surface area contributed by atoms with Crippen molar-refractivity contribution in [3.8, 4) is 0 Å². The third kappa shape index (κ3) is 1.87. The minimum Gasteiger partial charge on any atom is -0.321 e. The number of hydrogen-bond acceptors (Lipinski definition) is 1. The molecule has 0 aliphatic heterocycles. The fourth-order valence-electron chi connectivity index (χ4n) is 0.966. The highest BCUT2D eigenvalue weighted by molar-refractivity contribution is 6.30. The van der Waals surface area contributed by atoms with Crippen molar-refractivity contribution in [2.45, 2.75) is 6.04 Å². The van der Waals surface area contributed by atoms with Crippen LogP contribution in [0, 0.1) is 11.6 Å². The summed E-state index contributed by atoms with van der Waals surface area (Å²) in [4.78, 5) is 0. The van der Waals surface area contributed by atoms with Crippen molar-refractivity contribution in [2.24, 2.45) is 5.73 Å². The molecule has 2 N–H and O–H groups in total. The quantitative estimate of drug-likeness (QED) is 0.581. The maximum absolute atomic E-state index is 13.2. The molecule has 70 valence electrons. The molecule has 0 spiro atoms. The number of nitrogens with two attached hydrogens (primary N) is 1. The first-order valence-corrected chi connectivity index (χ1v) is 3.97. The Balaban J connectivity index is 3.32. The molecule has 0 saturated heterocycles. The Morgan fingerprint density at radius 3 is 2.62 bits per heavy atom. The molecule has 0 heterocycles. The lowest BCUT2D eigenvalue weighted by Crippen LogP contribution is -2.11. The molecule has 1 aromatic carbocycles. The predicted molar refractivity (Wildman–Crippen MR) is 48.5 cm³/mol. The average Bonchev–Trinajstić information content (AvgIpc) is 2.12. The maximum Gasteiger partial charge on any atom is 0.149 e. The van der Waals surface area contributed by atoms with Gasteiger partial charge in [-0.1, -0.05) is 17.7 Å². The van der Waals surface area contributed by atoms with Crippen LogP contribution < -0.4 is 5.73 Å². The van der Waals surface area contributed by atoms with E-state index in [9.17, 15) is 8.78 Å². The molecular formula is C9H8ClF2N. The maximum atomic E-state index is 13.2. The lowest BCUT2D eigenvalue weighted by atomic mass is 10.1. The van der Waals surface area contributed by atoms with Crippen molar-refractivity contribution in [2.75, 3.05) is 0 Å². The lowest BCUT2D eigenvalue weighted by Gasteiger charge is -2.09. The van der Waals surface area contributed by atoms with Crippen LogP contribution in [0.5, 0.6) is 0 Å². The normalized spacial score (nSPS) is 12.6. The van der Waals surface area contributed by atoms with Crippen molar-refractivity contribution >= 4 is 11.6 Å². The van der Waals surface area contributed by atoms with Gasteiger partial charge in [0, 0.05) is 5.56 Å². The molecular weight excluding hydrogens is 196 g/mol. The molecule has 0 fully saturated rings. The molecule has 1 nitrogen and oxygen atoms in total. The van der Waals surface area contributed by atoms with E-state index in [1.54, 1.807) is 0 Å². The van der Waals surface area contributed by atoms with Crippen LogP contribution in [0.15, 0.2) is 24.8 Å². The zero-order valence-corrected chi connectivity index (χ0v) is 7.48. The molecule has 1 unspecified atom stereocenters. The number of hydrogen-bond donors (Lipinski definition) is 1. The summed E-state index contributed by atoms with van der Waals surface area (Å²) >= 11 is 5.46. The number of benzene rings is 1. The molecule has 0 bridgehead atoms. The molecule has 1 atom stereocenters. The SMILES string of the molecule is C=CC(N)c1c(F)ccc(Cl)c1F. The fraction of sp³-hybridized carbons (Fsp3) is 0.111. The van der Waals surface area contributed by atoms with Crippen LogP contribution in [0.3, 0.4) is 0 Å². The zero-order chi connectivity index (χ0) is 10.0. The van der Waals surface area contributed by atoms with Crippen LogP contribution in [0.2, 0.25) is 5.02 Å². The van der Waals surface area contributed by atoms with E-state index in [1.807, 2.05) is 0 Å². The van der Waals surface area contributed by atoms with E-state index >= 15 is 0 Å². The first-order valence-electron chi connectivity index (χ1n) is 3.59. The van der Waals surface area contributed by atoms with E-state index in [1.165, 1.54) is 6.08 Å². The minimum absolute atomic E-state index is 0.145. The highest BCUT2D eigenvalue weighted by atomic mass is 35.5. The van der Waals surface area contributed by atoms with Gasteiger partial charge in [0.15, 0.2) is 0 Å². The number of rotatable bonds is 2. The Morgan fingerprint density at radius 2 is 2.08 bits per heavy atom. The Hall–Kier alpha value is -0.930. The first kappa shape index (κ1) is 10.2. The van der Waals surface area contributed by atoms with E-state index in [2.05, 4.69) is 6.58 Å². The van der Waals surface area contributed by atoms with Gasteiger partial charge in [0.1, 0.15) is 11.6 Å². The highest BCUT2D eigenvalue weighted by Gasteiger charge is 2.16. The second kappa shape index (κ2) is 3.85. The molecule has 0 aliphatic rings. The Kier molecular flexibility index (Phi) is 3.01. The Labute approximate surface area is 79.8 Å². The zero-order valence-electron chi connectivity index (χ0n) is 6.73. The number of halogens is 3. The van der Waals surface area contributed by atoms with Gasteiger partial charge in [-0.05, 0) is 12.1 Å². The van der Waals surface area contributed by atoms with Gasteiger partial charge in [-0.3, -0.25) is 0 Å². The standard InChI is InChI=1S/C9H8ClF2N/c1-2-7(13)8-6(11)4-3-5(10)9(8)12/h2-4,7H,1,13H2. The van der Waals surface area contributed by atoms with E-state index in [-0.39, 0.29) is 10.6 Å². The van der Waals surface area contributed by atoms with E-state index < -0.39 is 17.7 Å². The van der Waals surface area contributed by atoms with Gasteiger partial charge in [0.05, 0.1) is 11.1 Å². The summed E-state index contributed by atoms with van der Waals surface area (Å²) in [5.41, 5.74) is 5.16. The predicted octanol–water partition coefficient (Wildman–Crippen LogP) is 2.80. The summed E-state index contributed by atoms with van der Waals surface area (Å²) < 4.78 is 26.2. The molecule has 4 heteroatoms. The van der Waals surface area contributed by atoms with Crippen molar-refractivity contribution in [1.82, 2.24) is 0 Å². The van der Waals surface area contributed by atoms with Crippen molar-refractivity contribution < 1.29 is 8.78 Å². The molecule has 0 aliphatic carbocycles. The molecule has 0 aromatic heterocycles. The van der Waals surface area contributed by atoms with Crippen molar-refractivity contribution in [3.63, 3.8) is 0 Å². The van der Waals surface area contributed by atoms with Gasteiger partial charge in [-0.15, -0.1) is 6.58 Å². The van der Waals surface area contributed by atoms with E-state index in [0.29, 0.717) is 0 Å². The van der Waals surface area contributed by atoms with E-state index in [4.69, 9.17) is 17.3 Å². The van der Waals surface area contributed by atoms with Gasteiger partial charge < -0.3 is 5.73 Å². The van der Waals surface area contributed by atoms with Crippen molar-refractivity contribution in [3.05, 3.63) is 47.0 Å². The average molecular weight is 204 g/mol. The van der Waals surface area contributed by atoms with Gasteiger partial charge in [0.25, 0.3) is 0 Å². The third-order valence-electron chi connectivity index (χ3n) is 1.67. The molecule has 1 aromatic rings. The monoisotopic (exact) mass is 203 g/mol. The van der Waals surface area contributed by atoms with Gasteiger partial charge in [-0.2, -0.15) is 0 Å². The van der Waals surface area contributed by atoms with Gasteiger partial charge in [0.2, 0.25) is 0 Å². The lowest BCUT2D eigenvalue weighted by molar-refractivity contribution is 0.546. The summed E-state index contributed by atoms with van der Waals surface area (Å²) in [5.74, 6) is -1.54. The fourth-order valence-corrected chi connectivity index (χ4v) is 1.13. The molecule has 13 heavy (non-hydrogen) atoms. The second-order valence-electron chi connectivity index (χ2n) is 2.52. The van der Waals surface area contributed by atoms with Crippen molar-refractivity contribution in [1.29, 1.82) is 0 Å². The van der Waals surface area contributed by atoms with Gasteiger partial charge >= 0.3 is 0 Å². The Morgan fingerprint density at radius 1 is 1.46 bits per heavy atom. The topological polar surface area (TPSA) is 26.0 Å². The van der Waals surface area contributed by atoms with Crippen LogP contribution in [0.1, 0.15) is 11.6 Å². The summed E-state index contributed by atoms with van der Waals surface area (Å²) in [6, 6.07) is 1.34. The van der Waals surface area contributed by atoms with Gasteiger partial charge in [-0.25, -0.2) is 8.78 Å². The summed E-state index contributed by atoms with van der Waals surface area (Å²) in [7, 11) is 0. The van der Waals surface area contributed by atoms with Crippen LogP contribution >= 0.6 is 11.6 Å². The van der Waals surface area contributed by atoms with Crippen LogP contribution in [-0.4, -0.2) is 0 Å². The molecule has 1 rings (SSSR count). The van der Waals surface area contributed by atoms with Crippen LogP contribution in [-0.2, 0) is 0 Å². The minimum atomic E-state index is -0.876. The smallest absolute Gasteiger partial charge is 0.149 e.